The molecule has 7 heteroatoms. The van der Waals surface area contributed by atoms with Crippen LogP contribution in [0.15, 0.2) is 48.5 Å². The van der Waals surface area contributed by atoms with Gasteiger partial charge < -0.3 is 14.8 Å². The first-order valence-electron chi connectivity index (χ1n) is 7.24. The van der Waals surface area contributed by atoms with Gasteiger partial charge in [-0.25, -0.2) is 0 Å². The van der Waals surface area contributed by atoms with E-state index in [1.807, 2.05) is 48.5 Å². The summed E-state index contributed by atoms with van der Waals surface area (Å²) in [6, 6.07) is 14.7. The van der Waals surface area contributed by atoms with Gasteiger partial charge in [0.1, 0.15) is 11.5 Å². The van der Waals surface area contributed by atoms with Gasteiger partial charge >= 0.3 is 0 Å². The minimum atomic E-state index is -0.215. The Morgan fingerprint density at radius 2 is 1.83 bits per heavy atom. The molecule has 6 nitrogen and oxygen atoms in total. The Bertz CT molecular complexity index is 722. The van der Waals surface area contributed by atoms with E-state index in [0.29, 0.717) is 17.2 Å². The summed E-state index contributed by atoms with van der Waals surface area (Å²) in [4.78, 5) is 12.0. The highest BCUT2D eigenvalue weighted by Gasteiger charge is 2.07. The van der Waals surface area contributed by atoms with E-state index in [-0.39, 0.29) is 17.4 Å². The topological polar surface area (TPSA) is 71.6 Å². The molecule has 0 bridgehead atoms. The fourth-order valence-electron chi connectivity index (χ4n) is 2.04. The molecule has 2 aromatic carbocycles. The number of rotatable bonds is 5. The van der Waals surface area contributed by atoms with Crippen LogP contribution in [0, 0.1) is 0 Å². The molecule has 0 aromatic heterocycles. The van der Waals surface area contributed by atoms with Crippen LogP contribution in [0.1, 0.15) is 5.56 Å². The number of carbonyl (C=O) groups is 1. The summed E-state index contributed by atoms with van der Waals surface area (Å²) < 4.78 is 10.4. The molecule has 0 atom stereocenters. The first kappa shape index (κ1) is 17.6. The van der Waals surface area contributed by atoms with Crippen molar-refractivity contribution in [2.45, 2.75) is 6.42 Å². The van der Waals surface area contributed by atoms with Crippen molar-refractivity contribution in [3.8, 4) is 11.5 Å². The minimum absolute atomic E-state index is 0.210. The maximum atomic E-state index is 12.0. The third kappa shape index (κ3) is 5.13. The molecule has 0 heterocycles. The number of carbonyl (C=O) groups excluding carboxylic acids is 1. The van der Waals surface area contributed by atoms with Gasteiger partial charge in [-0.15, -0.1) is 0 Å². The van der Waals surface area contributed by atoms with Crippen molar-refractivity contribution in [2.75, 3.05) is 19.5 Å². The molecule has 2 aromatic rings. The predicted molar refractivity (Wildman–Crippen MR) is 97.2 cm³/mol. The number of hydrazine groups is 1. The molecular formula is C17H19N3O3S. The maximum Gasteiger partial charge on any atom is 0.242 e. The van der Waals surface area contributed by atoms with Crippen LogP contribution in [0.2, 0.25) is 0 Å². The highest BCUT2D eigenvalue weighted by molar-refractivity contribution is 7.80. The zero-order valence-electron chi connectivity index (χ0n) is 13.5. The first-order chi connectivity index (χ1) is 11.6. The molecule has 0 radical (unpaired) electrons. The van der Waals surface area contributed by atoms with E-state index in [0.717, 1.165) is 5.56 Å². The van der Waals surface area contributed by atoms with Crippen molar-refractivity contribution >= 4 is 28.9 Å². The Morgan fingerprint density at radius 1 is 1.04 bits per heavy atom. The standard InChI is InChI=1S/C17H19N3O3S/c1-22-13-7-5-6-12(10-13)11-16(21)19-20-17(24)18-14-8-3-4-9-15(14)23-2/h3-10H,11H2,1-2H3,(H,19,21)(H2,18,20,24). The van der Waals surface area contributed by atoms with Crippen LogP contribution >= 0.6 is 12.2 Å². The average Bonchev–Trinajstić information content (AvgIpc) is 2.60. The second kappa shape index (κ2) is 8.73. The van der Waals surface area contributed by atoms with Crippen LogP contribution < -0.4 is 25.6 Å². The highest BCUT2D eigenvalue weighted by Crippen LogP contribution is 2.22. The third-order valence-electron chi connectivity index (χ3n) is 3.17. The van der Waals surface area contributed by atoms with Gasteiger partial charge in [0.05, 0.1) is 26.3 Å². The van der Waals surface area contributed by atoms with Crippen molar-refractivity contribution in [3.05, 3.63) is 54.1 Å². The Hall–Kier alpha value is -2.80. The number of hydrogen-bond donors (Lipinski definition) is 3. The van der Waals surface area contributed by atoms with E-state index in [4.69, 9.17) is 21.7 Å². The fourth-order valence-corrected chi connectivity index (χ4v) is 2.20. The van der Waals surface area contributed by atoms with Gasteiger partial charge in [0.15, 0.2) is 5.11 Å². The summed E-state index contributed by atoms with van der Waals surface area (Å²) >= 11 is 5.15. The van der Waals surface area contributed by atoms with E-state index in [9.17, 15) is 4.79 Å². The van der Waals surface area contributed by atoms with E-state index in [2.05, 4.69) is 16.2 Å². The lowest BCUT2D eigenvalue weighted by atomic mass is 10.1. The maximum absolute atomic E-state index is 12.0. The normalized spacial score (nSPS) is 9.75. The SMILES string of the molecule is COc1cccc(CC(=O)NNC(=S)Nc2ccccc2OC)c1. The smallest absolute Gasteiger partial charge is 0.242 e. The largest absolute Gasteiger partial charge is 0.497 e. The molecule has 24 heavy (non-hydrogen) atoms. The number of ether oxygens (including phenoxy) is 2. The third-order valence-corrected chi connectivity index (χ3v) is 3.37. The number of thiocarbonyl (C=S) groups is 1. The van der Waals surface area contributed by atoms with Gasteiger partial charge in [-0.3, -0.25) is 15.6 Å². The quantitative estimate of drug-likeness (QED) is 0.570. The fraction of sp³-hybridized carbons (Fsp3) is 0.176. The van der Waals surface area contributed by atoms with Crippen molar-refractivity contribution in [1.82, 2.24) is 10.9 Å². The molecule has 0 spiro atoms. The van der Waals surface area contributed by atoms with Crippen molar-refractivity contribution in [1.29, 1.82) is 0 Å². The Kier molecular flexibility index (Phi) is 6.39. The number of para-hydroxylation sites is 2. The Balaban J connectivity index is 1.83. The lowest BCUT2D eigenvalue weighted by molar-refractivity contribution is -0.120. The molecule has 2 rings (SSSR count). The molecule has 126 valence electrons. The van der Waals surface area contributed by atoms with Crippen molar-refractivity contribution in [3.63, 3.8) is 0 Å². The monoisotopic (exact) mass is 345 g/mol. The molecule has 0 aliphatic rings. The van der Waals surface area contributed by atoms with Crippen LogP contribution in [0.25, 0.3) is 0 Å². The predicted octanol–water partition coefficient (Wildman–Crippen LogP) is 2.26. The summed E-state index contributed by atoms with van der Waals surface area (Å²) in [6.45, 7) is 0. The Labute approximate surface area is 146 Å². The first-order valence-corrected chi connectivity index (χ1v) is 7.65. The van der Waals surface area contributed by atoms with Gasteiger partial charge in [-0.1, -0.05) is 24.3 Å². The molecular weight excluding hydrogens is 326 g/mol. The van der Waals surface area contributed by atoms with Crippen molar-refractivity contribution < 1.29 is 14.3 Å². The van der Waals surface area contributed by atoms with Crippen LogP contribution in [0.3, 0.4) is 0 Å². The van der Waals surface area contributed by atoms with E-state index < -0.39 is 0 Å². The summed E-state index contributed by atoms with van der Waals surface area (Å²) in [6.07, 6.45) is 0.210. The van der Waals surface area contributed by atoms with E-state index in [1.54, 1.807) is 14.2 Å². The molecule has 0 fully saturated rings. The lowest BCUT2D eigenvalue weighted by Crippen LogP contribution is -2.44. The number of nitrogens with one attached hydrogen (secondary N) is 3. The number of hydrogen-bond acceptors (Lipinski definition) is 4. The van der Waals surface area contributed by atoms with Crippen LogP contribution in [0.5, 0.6) is 11.5 Å². The Morgan fingerprint density at radius 3 is 2.58 bits per heavy atom. The van der Waals surface area contributed by atoms with Gasteiger partial charge in [-0.2, -0.15) is 0 Å². The molecule has 0 saturated carbocycles. The van der Waals surface area contributed by atoms with Gasteiger partial charge in [0.25, 0.3) is 0 Å². The summed E-state index contributed by atoms with van der Waals surface area (Å²) in [7, 11) is 3.16. The van der Waals surface area contributed by atoms with Gasteiger partial charge in [0, 0.05) is 0 Å². The number of anilines is 1. The summed E-state index contributed by atoms with van der Waals surface area (Å²) in [5, 5.41) is 3.22. The van der Waals surface area contributed by atoms with E-state index >= 15 is 0 Å². The molecule has 0 aliphatic heterocycles. The molecule has 0 unspecified atom stereocenters. The van der Waals surface area contributed by atoms with Gasteiger partial charge in [-0.05, 0) is 42.0 Å². The molecule has 0 saturated heterocycles. The minimum Gasteiger partial charge on any atom is -0.497 e. The van der Waals surface area contributed by atoms with E-state index in [1.165, 1.54) is 0 Å². The summed E-state index contributed by atoms with van der Waals surface area (Å²) in [5.41, 5.74) is 6.77. The molecule has 3 N–H and O–H groups in total. The average molecular weight is 345 g/mol. The van der Waals surface area contributed by atoms with Crippen LogP contribution in [-0.2, 0) is 11.2 Å². The van der Waals surface area contributed by atoms with Crippen LogP contribution in [0.4, 0.5) is 5.69 Å². The zero-order valence-corrected chi connectivity index (χ0v) is 14.3. The highest BCUT2D eigenvalue weighted by atomic mass is 32.1. The lowest BCUT2D eigenvalue weighted by Gasteiger charge is -2.14. The zero-order chi connectivity index (χ0) is 17.4. The number of amides is 1. The molecule has 1 amide bonds. The van der Waals surface area contributed by atoms with Crippen LogP contribution in [-0.4, -0.2) is 25.2 Å². The van der Waals surface area contributed by atoms with Crippen molar-refractivity contribution in [2.24, 2.45) is 0 Å². The second-order valence-electron chi connectivity index (χ2n) is 4.86. The second-order valence-corrected chi connectivity index (χ2v) is 5.26. The number of methoxy groups -OCH3 is 2. The van der Waals surface area contributed by atoms with Gasteiger partial charge in [0.2, 0.25) is 5.91 Å². The molecule has 0 aliphatic carbocycles. The number of benzene rings is 2. The summed E-state index contributed by atoms with van der Waals surface area (Å²) in [5.74, 6) is 1.15.